The highest BCUT2D eigenvalue weighted by Gasteiger charge is 2.10. The third-order valence-electron chi connectivity index (χ3n) is 4.16. The predicted molar refractivity (Wildman–Crippen MR) is 107 cm³/mol. The second-order valence-electron chi connectivity index (χ2n) is 6.24. The summed E-state index contributed by atoms with van der Waals surface area (Å²) in [5, 5.41) is 3.37. The molecule has 0 saturated carbocycles. The van der Waals surface area contributed by atoms with E-state index in [2.05, 4.69) is 81.5 Å². The molecule has 0 bridgehead atoms. The van der Waals surface area contributed by atoms with Gasteiger partial charge in [0.2, 0.25) is 0 Å². The Morgan fingerprint density at radius 3 is 2.12 bits per heavy atom. The molecule has 124 valence electrons. The van der Waals surface area contributed by atoms with Crippen LogP contribution in [0.5, 0.6) is 0 Å². The van der Waals surface area contributed by atoms with Gasteiger partial charge in [0.05, 0.1) is 5.69 Å². The van der Waals surface area contributed by atoms with Crippen LogP contribution in [-0.2, 0) is 0 Å². The number of nitrogens with zero attached hydrogens (tertiary/aromatic N) is 1. The monoisotopic (exact) mass is 318 g/mol. The van der Waals surface area contributed by atoms with E-state index < -0.39 is 0 Å². The summed E-state index contributed by atoms with van der Waals surface area (Å²) in [6, 6.07) is 10.6. The molecule has 0 aliphatic carbocycles. The third-order valence-corrected chi connectivity index (χ3v) is 4.16. The van der Waals surface area contributed by atoms with E-state index >= 15 is 0 Å². The second kappa shape index (κ2) is 7.31. The van der Waals surface area contributed by atoms with Gasteiger partial charge in [-0.2, -0.15) is 0 Å². The minimum absolute atomic E-state index is 0.855. The molecule has 2 heteroatoms. The van der Waals surface area contributed by atoms with Crippen molar-refractivity contribution >= 4 is 23.3 Å². The lowest BCUT2D eigenvalue weighted by Gasteiger charge is -2.17. The maximum Gasteiger partial charge on any atom is 0.0657 e. The van der Waals surface area contributed by atoms with Crippen LogP contribution in [0, 0.1) is 27.7 Å². The summed E-state index contributed by atoms with van der Waals surface area (Å²) >= 11 is 0. The maximum atomic E-state index is 4.40. The van der Waals surface area contributed by atoms with Crippen LogP contribution < -0.4 is 5.32 Å². The number of hydrogen-bond acceptors (Lipinski definition) is 2. The molecule has 0 unspecified atom stereocenters. The number of nitrogens with one attached hydrogen (secondary N) is 1. The molecule has 0 atom stereocenters. The molecular weight excluding hydrogens is 292 g/mol. The molecule has 0 aliphatic rings. The van der Waals surface area contributed by atoms with E-state index in [-0.39, 0.29) is 0 Å². The lowest BCUT2D eigenvalue weighted by atomic mass is 10.00. The standard InChI is InChI=1S/C22H26N2/c1-8-23-22-13-16(4)21(12-17(22)5)19(7)24-18(6)20-11-14(2)9-10-15(20)3/h8-13,24H,6-7H2,1-5H3. The molecule has 0 heterocycles. The molecule has 0 aliphatic heterocycles. The van der Waals surface area contributed by atoms with Crippen LogP contribution in [0.2, 0.25) is 0 Å². The Bertz CT molecular complexity index is 826. The average Bonchev–Trinajstić information content (AvgIpc) is 2.52. The predicted octanol–water partition coefficient (Wildman–Crippen LogP) is 5.87. The van der Waals surface area contributed by atoms with Crippen LogP contribution in [0.1, 0.15) is 40.3 Å². The Balaban J connectivity index is 2.28. The Hall–Kier alpha value is -2.61. The molecule has 0 amide bonds. The topological polar surface area (TPSA) is 24.4 Å². The summed E-state index contributed by atoms with van der Waals surface area (Å²) < 4.78 is 0. The van der Waals surface area contributed by atoms with E-state index in [0.29, 0.717) is 0 Å². The average molecular weight is 318 g/mol. The smallest absolute Gasteiger partial charge is 0.0657 e. The van der Waals surface area contributed by atoms with E-state index in [4.69, 9.17) is 0 Å². The lowest BCUT2D eigenvalue weighted by Crippen LogP contribution is -2.11. The second-order valence-corrected chi connectivity index (χ2v) is 6.24. The highest BCUT2D eigenvalue weighted by Crippen LogP contribution is 2.27. The van der Waals surface area contributed by atoms with Crippen LogP contribution in [0.25, 0.3) is 11.4 Å². The molecular formula is C22H26N2. The van der Waals surface area contributed by atoms with Crippen molar-refractivity contribution in [1.29, 1.82) is 0 Å². The van der Waals surface area contributed by atoms with Gasteiger partial charge in [0.15, 0.2) is 0 Å². The molecule has 2 aromatic carbocycles. The zero-order chi connectivity index (χ0) is 17.9. The van der Waals surface area contributed by atoms with Crippen molar-refractivity contribution in [2.24, 2.45) is 4.99 Å². The molecule has 24 heavy (non-hydrogen) atoms. The first-order valence-corrected chi connectivity index (χ1v) is 8.16. The van der Waals surface area contributed by atoms with Crippen molar-refractivity contribution in [3.63, 3.8) is 0 Å². The minimum atomic E-state index is 0.855. The fourth-order valence-electron chi connectivity index (χ4n) is 2.78. The van der Waals surface area contributed by atoms with Gasteiger partial charge in [-0.1, -0.05) is 30.9 Å². The van der Waals surface area contributed by atoms with Crippen molar-refractivity contribution in [1.82, 2.24) is 5.32 Å². The largest absolute Gasteiger partial charge is 0.356 e. The highest BCUT2D eigenvalue weighted by molar-refractivity contribution is 5.78. The van der Waals surface area contributed by atoms with Crippen LogP contribution >= 0.6 is 0 Å². The number of rotatable bonds is 5. The number of hydrogen-bond donors (Lipinski definition) is 1. The van der Waals surface area contributed by atoms with Crippen LogP contribution in [0.4, 0.5) is 5.69 Å². The molecule has 0 fully saturated rings. The van der Waals surface area contributed by atoms with E-state index in [1.54, 1.807) is 0 Å². The first-order valence-electron chi connectivity index (χ1n) is 8.16. The van der Waals surface area contributed by atoms with Crippen molar-refractivity contribution < 1.29 is 0 Å². The summed E-state index contributed by atoms with van der Waals surface area (Å²) in [6.45, 7) is 18.7. The SMILES string of the molecule is C=C(NC(=C)c1cc(C)c(N=CC)cc1C)c1cc(C)ccc1C. The Labute approximate surface area is 145 Å². The molecule has 0 aromatic heterocycles. The fraction of sp³-hybridized carbons (Fsp3) is 0.227. The van der Waals surface area contributed by atoms with Crippen LogP contribution in [0.15, 0.2) is 48.5 Å². The highest BCUT2D eigenvalue weighted by atomic mass is 14.9. The van der Waals surface area contributed by atoms with Gasteiger partial charge in [-0.15, -0.1) is 0 Å². The Morgan fingerprint density at radius 2 is 1.50 bits per heavy atom. The van der Waals surface area contributed by atoms with Crippen molar-refractivity contribution in [3.05, 3.63) is 76.9 Å². The minimum Gasteiger partial charge on any atom is -0.356 e. The summed E-state index contributed by atoms with van der Waals surface area (Å²) in [5.74, 6) is 0. The van der Waals surface area contributed by atoms with Crippen molar-refractivity contribution in [2.75, 3.05) is 0 Å². The summed E-state index contributed by atoms with van der Waals surface area (Å²) in [5.41, 5.74) is 9.64. The molecule has 2 nitrogen and oxygen atoms in total. The van der Waals surface area contributed by atoms with Gasteiger partial charge < -0.3 is 5.32 Å². The maximum absolute atomic E-state index is 4.40. The van der Waals surface area contributed by atoms with Gasteiger partial charge in [-0.3, -0.25) is 4.99 Å². The lowest BCUT2D eigenvalue weighted by molar-refractivity contribution is 1.20. The normalized spacial score (nSPS) is 10.9. The van der Waals surface area contributed by atoms with E-state index in [9.17, 15) is 0 Å². The fourth-order valence-corrected chi connectivity index (χ4v) is 2.78. The Morgan fingerprint density at radius 1 is 0.875 bits per heavy atom. The first-order chi connectivity index (χ1) is 11.3. The van der Waals surface area contributed by atoms with Gasteiger partial charge in [0, 0.05) is 28.7 Å². The molecule has 1 N–H and O–H groups in total. The van der Waals surface area contributed by atoms with Gasteiger partial charge in [0.25, 0.3) is 0 Å². The van der Waals surface area contributed by atoms with Crippen LogP contribution in [-0.4, -0.2) is 6.21 Å². The van der Waals surface area contributed by atoms with Gasteiger partial charge in [-0.05, 0) is 69.5 Å². The zero-order valence-corrected chi connectivity index (χ0v) is 15.3. The summed E-state index contributed by atoms with van der Waals surface area (Å²) in [4.78, 5) is 4.40. The van der Waals surface area contributed by atoms with E-state index in [1.165, 1.54) is 11.1 Å². The third kappa shape index (κ3) is 3.83. The first kappa shape index (κ1) is 17.7. The summed E-state index contributed by atoms with van der Waals surface area (Å²) in [6.07, 6.45) is 1.82. The zero-order valence-electron chi connectivity index (χ0n) is 15.3. The molecule has 0 spiro atoms. The van der Waals surface area contributed by atoms with E-state index in [0.717, 1.165) is 39.3 Å². The van der Waals surface area contributed by atoms with Gasteiger partial charge >= 0.3 is 0 Å². The van der Waals surface area contributed by atoms with E-state index in [1.807, 2.05) is 13.1 Å². The van der Waals surface area contributed by atoms with Crippen molar-refractivity contribution in [2.45, 2.75) is 34.6 Å². The number of aryl methyl sites for hydroxylation is 4. The van der Waals surface area contributed by atoms with Gasteiger partial charge in [0.1, 0.15) is 0 Å². The van der Waals surface area contributed by atoms with Crippen molar-refractivity contribution in [3.8, 4) is 0 Å². The molecule has 2 rings (SSSR count). The molecule has 0 radical (unpaired) electrons. The summed E-state index contributed by atoms with van der Waals surface area (Å²) in [7, 11) is 0. The number of aliphatic imine (C=N–C) groups is 1. The van der Waals surface area contributed by atoms with Crippen LogP contribution in [0.3, 0.4) is 0 Å². The quantitative estimate of drug-likeness (QED) is 0.685. The number of benzene rings is 2. The Kier molecular flexibility index (Phi) is 5.40. The molecule has 2 aromatic rings. The molecule has 0 saturated heterocycles. The van der Waals surface area contributed by atoms with Gasteiger partial charge in [-0.25, -0.2) is 0 Å².